The van der Waals surface area contributed by atoms with Crippen LogP contribution in [0.2, 0.25) is 0 Å². The van der Waals surface area contributed by atoms with Gasteiger partial charge in [0.1, 0.15) is 13.2 Å². The van der Waals surface area contributed by atoms with Crippen molar-refractivity contribution in [2.24, 2.45) is 0 Å². The van der Waals surface area contributed by atoms with Crippen LogP contribution in [0.25, 0.3) is 0 Å². The number of hydrogen-bond donors (Lipinski definition) is 1. The van der Waals surface area contributed by atoms with E-state index in [4.69, 9.17) is 18.9 Å². The molecule has 0 heterocycles. The summed E-state index contributed by atoms with van der Waals surface area (Å²) in [5, 5.41) is 9.78. The zero-order valence-electron chi connectivity index (χ0n) is 66.1. The number of rotatable bonds is 78. The van der Waals surface area contributed by atoms with E-state index in [0.29, 0.717) is 23.9 Å². The first kappa shape index (κ1) is 95.7. The van der Waals surface area contributed by atoms with Gasteiger partial charge in [-0.3, -0.25) is 9.59 Å². The lowest BCUT2D eigenvalue weighted by atomic mass is 10.0. The summed E-state index contributed by atoms with van der Waals surface area (Å²) in [5.74, 6) is -2.00. The predicted octanol–water partition coefficient (Wildman–Crippen LogP) is 27.4. The number of hydrogen-bond acceptors (Lipinski definition) is 7. The standard InChI is InChI=1S/C91H159NO8/c1-6-8-10-12-14-16-18-20-22-24-26-28-30-32-34-36-38-40-42-44-45-46-48-50-52-54-56-58-60-62-64-66-68-70-72-74-76-78-80-82-89(94)100-87(86-99-91(90(95)96)97-84-83-92(3,4)5)85-98-88(93)81-79-77-75-73-71-69-67-65-63-61-59-57-55-53-51-49-47-43-41-39-37-35-33-31-29-27-25-23-21-19-17-15-13-11-9-7-2/h8,10,14,16,20,22,26,28,32,34,38,40,44-45,48,50,54,56,60,62,87,91H,6-7,9,11-13,15,17-19,21,23-25,27,29-31,33,35-37,39,41-43,46-47,49,51-53,55,57-59,61,63-86H2,1-5H3/p+1/b10-8-,16-14-,22-20-,28-26-,34-32-,40-38-,45-44-,50-48-,56-54-,62-60-. The van der Waals surface area contributed by atoms with E-state index in [9.17, 15) is 19.5 Å². The van der Waals surface area contributed by atoms with Crippen molar-refractivity contribution in [3.05, 3.63) is 122 Å². The van der Waals surface area contributed by atoms with Gasteiger partial charge in [0.15, 0.2) is 6.10 Å². The minimum Gasteiger partial charge on any atom is -0.477 e. The molecule has 2 atom stereocenters. The minimum absolute atomic E-state index is 0.182. The summed E-state index contributed by atoms with van der Waals surface area (Å²) in [6, 6.07) is 0. The number of carbonyl (C=O) groups is 3. The molecule has 0 saturated heterocycles. The van der Waals surface area contributed by atoms with Gasteiger partial charge in [0.05, 0.1) is 34.4 Å². The Morgan fingerprint density at radius 1 is 0.310 bits per heavy atom. The highest BCUT2D eigenvalue weighted by atomic mass is 16.7. The van der Waals surface area contributed by atoms with Gasteiger partial charge in [0.2, 0.25) is 0 Å². The molecule has 576 valence electrons. The maximum absolute atomic E-state index is 13.0. The van der Waals surface area contributed by atoms with Crippen LogP contribution < -0.4 is 0 Å². The Kier molecular flexibility index (Phi) is 76.9. The van der Waals surface area contributed by atoms with Gasteiger partial charge < -0.3 is 28.5 Å². The molecule has 0 aromatic rings. The quantitative estimate of drug-likeness (QED) is 0.0211. The second kappa shape index (κ2) is 80.4. The average Bonchev–Trinajstić information content (AvgIpc) is 1.08. The van der Waals surface area contributed by atoms with E-state index in [0.717, 1.165) is 109 Å². The van der Waals surface area contributed by atoms with E-state index in [1.165, 1.54) is 238 Å². The lowest BCUT2D eigenvalue weighted by molar-refractivity contribution is -0.870. The molecule has 0 radical (unpaired) electrons. The lowest BCUT2D eigenvalue weighted by Crippen LogP contribution is -2.40. The monoisotopic (exact) mass is 1400 g/mol. The van der Waals surface area contributed by atoms with Crippen molar-refractivity contribution in [2.75, 3.05) is 47.5 Å². The molecule has 0 aromatic heterocycles. The second-order valence-electron chi connectivity index (χ2n) is 29.4. The summed E-state index contributed by atoms with van der Waals surface area (Å²) in [6.07, 6.45) is 112. The first-order valence-electron chi connectivity index (χ1n) is 42.2. The molecule has 0 aliphatic rings. The highest BCUT2D eigenvalue weighted by Crippen LogP contribution is 2.19. The van der Waals surface area contributed by atoms with E-state index in [1.807, 2.05) is 21.1 Å². The van der Waals surface area contributed by atoms with Crippen LogP contribution in [0.5, 0.6) is 0 Å². The van der Waals surface area contributed by atoms with Crippen LogP contribution >= 0.6 is 0 Å². The summed E-state index contributed by atoms with van der Waals surface area (Å²) in [6.45, 7) is 4.80. The smallest absolute Gasteiger partial charge is 0.361 e. The van der Waals surface area contributed by atoms with E-state index >= 15 is 0 Å². The number of carbonyl (C=O) groups excluding carboxylic acids is 2. The molecule has 100 heavy (non-hydrogen) atoms. The third-order valence-corrected chi connectivity index (χ3v) is 18.5. The largest absolute Gasteiger partial charge is 0.477 e. The molecule has 9 heteroatoms. The average molecular weight is 1400 g/mol. The normalized spacial score (nSPS) is 13.2. The molecule has 0 saturated carbocycles. The van der Waals surface area contributed by atoms with Crippen molar-refractivity contribution in [1.29, 1.82) is 0 Å². The summed E-state index contributed by atoms with van der Waals surface area (Å²) in [5.41, 5.74) is 0. The lowest BCUT2D eigenvalue weighted by Gasteiger charge is -2.25. The molecule has 0 amide bonds. The Hall–Kier alpha value is -4.31. The number of allylic oxidation sites excluding steroid dienone is 20. The molecular formula is C91H160NO8+. The van der Waals surface area contributed by atoms with Crippen LogP contribution in [-0.4, -0.2) is 87.4 Å². The van der Waals surface area contributed by atoms with E-state index in [-0.39, 0.29) is 32.2 Å². The number of unbranched alkanes of at least 4 members (excludes halogenated alkanes) is 43. The van der Waals surface area contributed by atoms with Gasteiger partial charge >= 0.3 is 17.9 Å². The Balaban J connectivity index is 4.05. The van der Waals surface area contributed by atoms with Crippen molar-refractivity contribution >= 4 is 17.9 Å². The molecule has 0 aliphatic carbocycles. The summed E-state index contributed by atoms with van der Waals surface area (Å²) < 4.78 is 23.1. The fraction of sp³-hybridized carbons (Fsp3) is 0.747. The maximum Gasteiger partial charge on any atom is 0.361 e. The Morgan fingerprint density at radius 3 is 0.850 bits per heavy atom. The van der Waals surface area contributed by atoms with Crippen LogP contribution in [0.15, 0.2) is 122 Å². The van der Waals surface area contributed by atoms with E-state index in [2.05, 4.69) is 135 Å². The van der Waals surface area contributed by atoms with Gasteiger partial charge in [-0.15, -0.1) is 0 Å². The number of nitrogens with zero attached hydrogens (tertiary/aromatic N) is 1. The number of ether oxygens (including phenoxy) is 4. The zero-order valence-corrected chi connectivity index (χ0v) is 66.1. The Morgan fingerprint density at radius 2 is 0.570 bits per heavy atom. The number of carboxylic acid groups (broad SMARTS) is 1. The number of carboxylic acids is 1. The first-order valence-corrected chi connectivity index (χ1v) is 42.2. The van der Waals surface area contributed by atoms with Gasteiger partial charge in [-0.05, 0) is 89.9 Å². The van der Waals surface area contributed by atoms with Crippen molar-refractivity contribution in [1.82, 2.24) is 0 Å². The summed E-state index contributed by atoms with van der Waals surface area (Å²) in [4.78, 5) is 37.8. The van der Waals surface area contributed by atoms with Crippen LogP contribution in [0.1, 0.15) is 380 Å². The highest BCUT2D eigenvalue weighted by Gasteiger charge is 2.25. The first-order chi connectivity index (χ1) is 49.1. The third-order valence-electron chi connectivity index (χ3n) is 18.5. The molecule has 0 fully saturated rings. The van der Waals surface area contributed by atoms with Crippen molar-refractivity contribution in [3.8, 4) is 0 Å². The fourth-order valence-corrected chi connectivity index (χ4v) is 12.1. The molecular weight excluding hydrogens is 1230 g/mol. The highest BCUT2D eigenvalue weighted by molar-refractivity contribution is 5.71. The molecule has 9 nitrogen and oxygen atoms in total. The number of quaternary nitrogens is 1. The van der Waals surface area contributed by atoms with Crippen molar-refractivity contribution in [3.63, 3.8) is 0 Å². The molecule has 1 N–H and O–H groups in total. The van der Waals surface area contributed by atoms with Crippen LogP contribution in [0, 0.1) is 0 Å². The zero-order chi connectivity index (χ0) is 72.5. The molecule has 0 aliphatic heterocycles. The van der Waals surface area contributed by atoms with Gasteiger partial charge in [0, 0.05) is 12.8 Å². The molecule has 0 bridgehead atoms. The van der Waals surface area contributed by atoms with Gasteiger partial charge in [0.25, 0.3) is 6.29 Å². The fourth-order valence-electron chi connectivity index (χ4n) is 12.1. The third kappa shape index (κ3) is 81.0. The predicted molar refractivity (Wildman–Crippen MR) is 433 cm³/mol. The summed E-state index contributed by atoms with van der Waals surface area (Å²) in [7, 11) is 5.98. The number of esters is 2. The van der Waals surface area contributed by atoms with Gasteiger partial charge in [-0.1, -0.05) is 399 Å². The maximum atomic E-state index is 13.0. The van der Waals surface area contributed by atoms with Crippen molar-refractivity contribution < 1.29 is 42.9 Å². The van der Waals surface area contributed by atoms with Gasteiger partial charge in [-0.2, -0.15) is 0 Å². The number of likely N-dealkylation sites (N-methyl/N-ethyl adjacent to an activating group) is 1. The summed E-state index contributed by atoms with van der Waals surface area (Å²) >= 11 is 0. The molecule has 0 rings (SSSR count). The molecule has 0 aromatic carbocycles. The Bertz CT molecular complexity index is 2070. The van der Waals surface area contributed by atoms with E-state index < -0.39 is 24.3 Å². The van der Waals surface area contributed by atoms with Crippen LogP contribution in [0.4, 0.5) is 0 Å². The van der Waals surface area contributed by atoms with Gasteiger partial charge in [-0.25, -0.2) is 4.79 Å². The van der Waals surface area contributed by atoms with Crippen LogP contribution in [0.3, 0.4) is 0 Å². The minimum atomic E-state index is -1.52. The topological polar surface area (TPSA) is 108 Å². The van der Waals surface area contributed by atoms with E-state index in [1.54, 1.807) is 0 Å². The van der Waals surface area contributed by atoms with Crippen LogP contribution in [-0.2, 0) is 33.3 Å². The second-order valence-corrected chi connectivity index (χ2v) is 29.4. The molecule has 2 unspecified atom stereocenters. The van der Waals surface area contributed by atoms with Crippen molar-refractivity contribution in [2.45, 2.75) is 392 Å². The molecule has 0 spiro atoms. The SMILES string of the molecule is CC/C=C\C/C=C\C/C=C\C/C=C\C/C=C\C/C=C\C/C=C\C/C=C\C/C=C\C/C=C\CCCCCCCCCCC(=O)OC(COC(=O)CCCCCCCCCCCCCCCCCCCCCCCCCCCCCCCCCCCCCC)COC(OCC[N+](C)(C)C)C(=O)O. The Labute approximate surface area is 618 Å². The number of aliphatic carboxylic acids is 1.